The fourth-order valence-electron chi connectivity index (χ4n) is 1.75. The molecule has 0 amide bonds. The van der Waals surface area contributed by atoms with Gasteiger partial charge in [-0.15, -0.1) is 0 Å². The van der Waals surface area contributed by atoms with Gasteiger partial charge in [-0.1, -0.05) is 37.7 Å². The van der Waals surface area contributed by atoms with Crippen molar-refractivity contribution in [2.75, 3.05) is 11.1 Å². The van der Waals surface area contributed by atoms with E-state index in [1.54, 1.807) is 5.57 Å². The van der Waals surface area contributed by atoms with Crippen molar-refractivity contribution in [2.24, 2.45) is 0 Å². The van der Waals surface area contributed by atoms with Crippen molar-refractivity contribution >= 4 is 19.8 Å². The molecule has 0 nitrogen and oxygen atoms in total. The number of hydrogen-bond acceptors (Lipinski definition) is 1. The normalized spacial score (nSPS) is 18.4. The Kier molecular flexibility index (Phi) is 5.32. The van der Waals surface area contributed by atoms with E-state index in [1.807, 2.05) is 0 Å². The molecule has 1 fully saturated rings. The predicted molar refractivity (Wildman–Crippen MR) is 71.8 cm³/mol. The van der Waals surface area contributed by atoms with E-state index >= 15 is 0 Å². The summed E-state index contributed by atoms with van der Waals surface area (Å²) in [5, 5.41) is 1.41. The van der Waals surface area contributed by atoms with Crippen molar-refractivity contribution in [3.05, 3.63) is 11.6 Å². The maximum Gasteiger partial charge on any atom is 0.0548 e. The first kappa shape index (κ1) is 12.4. The summed E-state index contributed by atoms with van der Waals surface area (Å²) in [5.41, 5.74) is 1.74. The fourth-order valence-corrected chi connectivity index (χ4v) is 5.03. The third kappa shape index (κ3) is 5.92. The Balaban J connectivity index is 2.13. The quantitative estimate of drug-likeness (QED) is 0.388. The van der Waals surface area contributed by atoms with Crippen LogP contribution in [-0.2, 0) is 0 Å². The van der Waals surface area contributed by atoms with Gasteiger partial charge in [0.1, 0.15) is 0 Å². The van der Waals surface area contributed by atoms with Crippen LogP contribution in [0.5, 0.6) is 0 Å². The average Bonchev–Trinajstić information content (AvgIpc) is 2.13. The van der Waals surface area contributed by atoms with E-state index in [9.17, 15) is 0 Å². The van der Waals surface area contributed by atoms with E-state index in [4.69, 9.17) is 0 Å². The molecule has 0 aromatic carbocycles. The van der Waals surface area contributed by atoms with E-state index in [2.05, 4.69) is 37.5 Å². The molecule has 0 aromatic heterocycles. The topological polar surface area (TPSA) is 0 Å². The summed E-state index contributed by atoms with van der Waals surface area (Å²) < 4.78 is 0. The monoisotopic (exact) mass is 228 g/mol. The van der Waals surface area contributed by atoms with Gasteiger partial charge in [0.25, 0.3) is 0 Å². The first-order valence-electron chi connectivity index (χ1n) is 5.83. The summed E-state index contributed by atoms with van der Waals surface area (Å²) in [7, 11) is -0.810. The third-order valence-electron chi connectivity index (χ3n) is 2.52. The Morgan fingerprint density at radius 3 is 2.36 bits per heavy atom. The lowest BCUT2D eigenvalue weighted by atomic mass is 9.95. The molecule has 0 heterocycles. The minimum Gasteiger partial charge on any atom is -0.161 e. The molecule has 0 unspecified atom stereocenters. The van der Waals surface area contributed by atoms with Gasteiger partial charge in [0.2, 0.25) is 0 Å². The molecule has 0 aromatic rings. The Labute approximate surface area is 94.6 Å². The van der Waals surface area contributed by atoms with Gasteiger partial charge in [-0.05, 0) is 31.1 Å². The van der Waals surface area contributed by atoms with Crippen LogP contribution in [0.1, 0.15) is 32.1 Å². The van der Waals surface area contributed by atoms with E-state index in [-0.39, 0.29) is 0 Å². The molecule has 0 radical (unpaired) electrons. The van der Waals surface area contributed by atoms with Gasteiger partial charge in [-0.25, -0.2) is 0 Å². The second kappa shape index (κ2) is 6.01. The van der Waals surface area contributed by atoms with Crippen LogP contribution in [0, 0.1) is 0 Å². The van der Waals surface area contributed by atoms with Gasteiger partial charge >= 0.3 is 0 Å². The molecule has 0 bridgehead atoms. The van der Waals surface area contributed by atoms with Crippen molar-refractivity contribution in [1.29, 1.82) is 0 Å². The van der Waals surface area contributed by atoms with Crippen molar-refractivity contribution in [1.82, 2.24) is 0 Å². The maximum absolute atomic E-state index is 2.50. The zero-order chi connectivity index (χ0) is 10.4. The first-order valence-corrected chi connectivity index (χ1v) is 10.7. The fraction of sp³-hybridized carbons (Fsp3) is 0.833. The van der Waals surface area contributed by atoms with Gasteiger partial charge < -0.3 is 0 Å². The largest absolute Gasteiger partial charge is 0.161 e. The molecule has 0 spiro atoms. The summed E-state index contributed by atoms with van der Waals surface area (Å²) in [6, 6.07) is 0. The van der Waals surface area contributed by atoms with E-state index in [0.717, 1.165) is 0 Å². The molecule has 1 aliphatic carbocycles. The zero-order valence-corrected chi connectivity index (χ0v) is 11.8. The Hall–Kier alpha value is 0.307. The second-order valence-corrected chi connectivity index (χ2v) is 12.5. The third-order valence-corrected chi connectivity index (χ3v) is 7.20. The summed E-state index contributed by atoms with van der Waals surface area (Å²) in [4.78, 5) is 0. The highest BCUT2D eigenvalue weighted by atomic mass is 32.2. The number of allylic oxidation sites excluding steroid dienone is 1. The van der Waals surface area contributed by atoms with Crippen LogP contribution in [0.4, 0.5) is 0 Å². The van der Waals surface area contributed by atoms with Gasteiger partial charge in [-0.2, -0.15) is 11.8 Å². The molecule has 1 aliphatic rings. The second-order valence-electron chi connectivity index (χ2n) is 5.50. The SMILES string of the molecule is C[Si](C)(C)CSCC=C1CCCCC1. The molecule has 82 valence electrons. The van der Waals surface area contributed by atoms with Crippen LogP contribution in [-0.4, -0.2) is 19.2 Å². The molecule has 2 heteroatoms. The van der Waals surface area contributed by atoms with Gasteiger partial charge in [0, 0.05) is 5.75 Å². The summed E-state index contributed by atoms with van der Waals surface area (Å²) in [6.07, 6.45) is 9.60. The molecule has 0 aliphatic heterocycles. The van der Waals surface area contributed by atoms with Crippen LogP contribution in [0.25, 0.3) is 0 Å². The van der Waals surface area contributed by atoms with Gasteiger partial charge in [-0.3, -0.25) is 0 Å². The average molecular weight is 228 g/mol. The summed E-state index contributed by atoms with van der Waals surface area (Å²) in [5.74, 6) is 1.26. The molecule has 0 N–H and O–H groups in total. The van der Waals surface area contributed by atoms with E-state index in [1.165, 1.54) is 43.2 Å². The summed E-state index contributed by atoms with van der Waals surface area (Å²) in [6.45, 7) is 7.36. The number of rotatable bonds is 4. The van der Waals surface area contributed by atoms with Crippen molar-refractivity contribution < 1.29 is 0 Å². The Morgan fingerprint density at radius 2 is 1.79 bits per heavy atom. The number of hydrogen-bond donors (Lipinski definition) is 0. The van der Waals surface area contributed by atoms with Crippen LogP contribution >= 0.6 is 11.8 Å². The molecule has 1 saturated carbocycles. The maximum atomic E-state index is 2.50. The molecular formula is C12H24SSi. The first-order chi connectivity index (χ1) is 6.58. The minimum atomic E-state index is -0.810. The highest BCUT2D eigenvalue weighted by molar-refractivity contribution is 8.01. The number of thioether (sulfide) groups is 1. The standard InChI is InChI=1S/C12H24SSi/c1-14(2,3)11-13-10-9-12-7-5-4-6-8-12/h9H,4-8,10-11H2,1-3H3. The Morgan fingerprint density at radius 1 is 1.14 bits per heavy atom. The molecule has 0 atom stereocenters. The molecule has 14 heavy (non-hydrogen) atoms. The lowest BCUT2D eigenvalue weighted by molar-refractivity contribution is 0.598. The van der Waals surface area contributed by atoms with Crippen LogP contribution < -0.4 is 0 Å². The molecular weight excluding hydrogens is 204 g/mol. The van der Waals surface area contributed by atoms with Crippen molar-refractivity contribution in [2.45, 2.75) is 51.7 Å². The van der Waals surface area contributed by atoms with Gasteiger partial charge in [0.15, 0.2) is 0 Å². The van der Waals surface area contributed by atoms with Crippen LogP contribution in [0.15, 0.2) is 11.6 Å². The van der Waals surface area contributed by atoms with E-state index < -0.39 is 8.07 Å². The van der Waals surface area contributed by atoms with Crippen molar-refractivity contribution in [3.63, 3.8) is 0 Å². The van der Waals surface area contributed by atoms with Crippen LogP contribution in [0.2, 0.25) is 19.6 Å². The van der Waals surface area contributed by atoms with E-state index in [0.29, 0.717) is 0 Å². The summed E-state index contributed by atoms with van der Waals surface area (Å²) >= 11 is 2.14. The lowest BCUT2D eigenvalue weighted by Crippen LogP contribution is -2.23. The predicted octanol–water partition coefficient (Wildman–Crippen LogP) is 4.49. The molecule has 0 saturated heterocycles. The van der Waals surface area contributed by atoms with Crippen molar-refractivity contribution in [3.8, 4) is 0 Å². The van der Waals surface area contributed by atoms with Gasteiger partial charge in [0.05, 0.1) is 8.07 Å². The zero-order valence-electron chi connectivity index (χ0n) is 9.94. The minimum absolute atomic E-state index is 0.810. The Bertz CT molecular complexity index is 183. The smallest absolute Gasteiger partial charge is 0.0548 e. The van der Waals surface area contributed by atoms with Crippen LogP contribution in [0.3, 0.4) is 0 Å². The highest BCUT2D eigenvalue weighted by Gasteiger charge is 2.12. The molecule has 1 rings (SSSR count). The highest BCUT2D eigenvalue weighted by Crippen LogP contribution is 2.23. The lowest BCUT2D eigenvalue weighted by Gasteiger charge is -2.15.